The highest BCUT2D eigenvalue weighted by Crippen LogP contribution is 2.39. The van der Waals surface area contributed by atoms with E-state index in [0.717, 1.165) is 34.4 Å². The molecule has 3 aromatic rings. The minimum absolute atomic E-state index is 0.00332. The fourth-order valence-corrected chi connectivity index (χ4v) is 5.10. The molecule has 0 bridgehead atoms. The van der Waals surface area contributed by atoms with Crippen LogP contribution in [0.15, 0.2) is 83.8 Å². The van der Waals surface area contributed by atoms with Crippen molar-refractivity contribution in [3.63, 3.8) is 0 Å². The molecule has 1 aliphatic heterocycles. The van der Waals surface area contributed by atoms with E-state index < -0.39 is 18.4 Å². The lowest BCUT2D eigenvalue weighted by atomic mass is 10.0. The van der Waals surface area contributed by atoms with Crippen LogP contribution in [0.2, 0.25) is 0 Å². The molecule has 1 aliphatic rings. The van der Waals surface area contributed by atoms with E-state index in [1.54, 1.807) is 11.8 Å². The molecule has 8 heteroatoms. The van der Waals surface area contributed by atoms with Crippen LogP contribution in [0.5, 0.6) is 0 Å². The van der Waals surface area contributed by atoms with Crippen molar-refractivity contribution >= 4 is 23.6 Å². The van der Waals surface area contributed by atoms with Crippen molar-refractivity contribution in [2.75, 3.05) is 5.75 Å². The molecular formula is C30H33NO6S. The Hall–Kier alpha value is -3.17. The van der Waals surface area contributed by atoms with Crippen LogP contribution in [0, 0.1) is 0 Å². The van der Waals surface area contributed by atoms with Crippen LogP contribution < -0.4 is 5.32 Å². The smallest absolute Gasteiger partial charge is 0.303 e. The van der Waals surface area contributed by atoms with Crippen molar-refractivity contribution in [3.05, 3.63) is 101 Å². The average molecular weight is 536 g/mol. The molecule has 2 N–H and O–H groups in total. The lowest BCUT2D eigenvalue weighted by Gasteiger charge is -2.36. The standard InChI is InChI=1S/C30H33NO6S/c1-20(35-21(2)33)29(34)31-17-22-8-14-25(15-9-22)30-36-26(19-38-27-6-4-3-5-7-27)16-28(37-30)24-12-10-23(18-32)11-13-24/h3-15,20,26,28,30,32H,16-19H2,1-2H3,(H,31,34). The molecule has 200 valence electrons. The highest BCUT2D eigenvalue weighted by Gasteiger charge is 2.32. The summed E-state index contributed by atoms with van der Waals surface area (Å²) in [5, 5.41) is 12.2. The number of benzene rings is 3. The number of hydrogen-bond donors (Lipinski definition) is 2. The van der Waals surface area contributed by atoms with Gasteiger partial charge in [0.05, 0.1) is 18.8 Å². The molecule has 4 unspecified atom stereocenters. The third kappa shape index (κ3) is 7.91. The lowest BCUT2D eigenvalue weighted by molar-refractivity contribution is -0.245. The number of carbonyl (C=O) groups is 2. The van der Waals surface area contributed by atoms with Gasteiger partial charge in [0.2, 0.25) is 0 Å². The maximum absolute atomic E-state index is 12.1. The molecule has 0 saturated carbocycles. The number of carbonyl (C=O) groups excluding carboxylic acids is 2. The first-order chi connectivity index (χ1) is 18.4. The van der Waals surface area contributed by atoms with Crippen molar-refractivity contribution < 1.29 is 28.9 Å². The van der Waals surface area contributed by atoms with Crippen molar-refractivity contribution in [3.8, 4) is 0 Å². The van der Waals surface area contributed by atoms with Crippen molar-refractivity contribution in [2.45, 2.75) is 62.9 Å². The second-order valence-electron chi connectivity index (χ2n) is 9.19. The number of nitrogens with one attached hydrogen (secondary N) is 1. The van der Waals surface area contributed by atoms with Crippen LogP contribution in [-0.4, -0.2) is 34.9 Å². The maximum atomic E-state index is 12.1. The van der Waals surface area contributed by atoms with E-state index in [-0.39, 0.29) is 24.7 Å². The monoisotopic (exact) mass is 535 g/mol. The summed E-state index contributed by atoms with van der Waals surface area (Å²) < 4.78 is 17.7. The molecular weight excluding hydrogens is 502 g/mol. The first-order valence-electron chi connectivity index (χ1n) is 12.6. The number of hydrogen-bond acceptors (Lipinski definition) is 7. The number of aliphatic hydroxyl groups excluding tert-OH is 1. The fourth-order valence-electron chi connectivity index (χ4n) is 4.16. The van der Waals surface area contributed by atoms with Gasteiger partial charge in [0.15, 0.2) is 12.4 Å². The molecule has 1 fully saturated rings. The lowest BCUT2D eigenvalue weighted by Crippen LogP contribution is -2.35. The molecule has 0 radical (unpaired) electrons. The summed E-state index contributed by atoms with van der Waals surface area (Å²) >= 11 is 1.76. The first-order valence-corrected chi connectivity index (χ1v) is 13.6. The number of amides is 1. The molecule has 0 aliphatic carbocycles. The zero-order valence-electron chi connectivity index (χ0n) is 21.5. The number of ether oxygens (including phenoxy) is 3. The van der Waals surface area contributed by atoms with Crippen molar-refractivity contribution in [1.29, 1.82) is 0 Å². The van der Waals surface area contributed by atoms with Crippen LogP contribution in [0.1, 0.15) is 54.9 Å². The Morgan fingerprint density at radius 3 is 2.29 bits per heavy atom. The van der Waals surface area contributed by atoms with Crippen LogP contribution in [0.4, 0.5) is 0 Å². The van der Waals surface area contributed by atoms with E-state index in [1.165, 1.54) is 18.7 Å². The van der Waals surface area contributed by atoms with Gasteiger partial charge >= 0.3 is 5.97 Å². The van der Waals surface area contributed by atoms with Gasteiger partial charge < -0.3 is 24.6 Å². The largest absolute Gasteiger partial charge is 0.453 e. The minimum Gasteiger partial charge on any atom is -0.453 e. The zero-order chi connectivity index (χ0) is 26.9. The van der Waals surface area contributed by atoms with E-state index in [1.807, 2.05) is 66.7 Å². The number of aliphatic hydroxyl groups is 1. The van der Waals surface area contributed by atoms with E-state index in [2.05, 4.69) is 17.4 Å². The van der Waals surface area contributed by atoms with Crippen molar-refractivity contribution in [1.82, 2.24) is 5.32 Å². The third-order valence-corrected chi connectivity index (χ3v) is 7.37. The summed E-state index contributed by atoms with van der Waals surface area (Å²) in [5.41, 5.74) is 3.70. The van der Waals surface area contributed by atoms with Gasteiger partial charge in [0, 0.05) is 36.1 Å². The maximum Gasteiger partial charge on any atom is 0.303 e. The third-order valence-electron chi connectivity index (χ3n) is 6.22. The molecule has 0 spiro atoms. The number of thioether (sulfide) groups is 1. The van der Waals surface area contributed by atoms with Gasteiger partial charge in [-0.3, -0.25) is 9.59 Å². The second-order valence-corrected chi connectivity index (χ2v) is 10.3. The Morgan fingerprint density at radius 1 is 0.974 bits per heavy atom. The minimum atomic E-state index is -0.843. The molecule has 4 rings (SSSR count). The Labute approximate surface area is 227 Å². The molecule has 38 heavy (non-hydrogen) atoms. The Bertz CT molecular complexity index is 1190. The van der Waals surface area contributed by atoms with Crippen LogP contribution in [-0.2, 0) is 37.0 Å². The van der Waals surface area contributed by atoms with Gasteiger partial charge in [-0.25, -0.2) is 0 Å². The SMILES string of the molecule is CC(=O)OC(C)C(=O)NCc1ccc(C2OC(CSc3ccccc3)CC(c3ccc(CO)cc3)O2)cc1. The first kappa shape index (κ1) is 27.9. The van der Waals surface area contributed by atoms with Gasteiger partial charge in [-0.05, 0) is 35.7 Å². The molecule has 4 atom stereocenters. The molecule has 7 nitrogen and oxygen atoms in total. The number of rotatable bonds is 10. The Kier molecular flexibility index (Phi) is 9.95. The molecule has 0 aromatic heterocycles. The Balaban J connectivity index is 1.43. The van der Waals surface area contributed by atoms with Gasteiger partial charge in [-0.15, -0.1) is 11.8 Å². The van der Waals surface area contributed by atoms with Gasteiger partial charge in [0.1, 0.15) is 0 Å². The van der Waals surface area contributed by atoms with E-state index in [0.29, 0.717) is 6.54 Å². The number of esters is 1. The fraction of sp³-hybridized carbons (Fsp3) is 0.333. The topological polar surface area (TPSA) is 94.1 Å². The van der Waals surface area contributed by atoms with E-state index in [9.17, 15) is 14.7 Å². The Morgan fingerprint density at radius 2 is 1.63 bits per heavy atom. The highest BCUT2D eigenvalue weighted by atomic mass is 32.2. The van der Waals surface area contributed by atoms with Gasteiger partial charge in [-0.2, -0.15) is 0 Å². The van der Waals surface area contributed by atoms with E-state index >= 15 is 0 Å². The predicted octanol–water partition coefficient (Wildman–Crippen LogP) is 5.08. The molecule has 1 saturated heterocycles. The van der Waals surface area contributed by atoms with E-state index in [4.69, 9.17) is 14.2 Å². The highest BCUT2D eigenvalue weighted by molar-refractivity contribution is 7.99. The van der Waals surface area contributed by atoms with Crippen LogP contribution in [0.3, 0.4) is 0 Å². The quantitative estimate of drug-likeness (QED) is 0.276. The van der Waals surface area contributed by atoms with Gasteiger partial charge in [0.25, 0.3) is 5.91 Å². The van der Waals surface area contributed by atoms with Crippen molar-refractivity contribution in [2.24, 2.45) is 0 Å². The summed E-state index contributed by atoms with van der Waals surface area (Å²) in [6.45, 7) is 3.13. The normalized spacial score (nSPS) is 19.9. The summed E-state index contributed by atoms with van der Waals surface area (Å²) in [6.07, 6.45) is -0.836. The predicted molar refractivity (Wildman–Crippen MR) is 145 cm³/mol. The van der Waals surface area contributed by atoms with Crippen LogP contribution >= 0.6 is 11.8 Å². The average Bonchev–Trinajstić information content (AvgIpc) is 2.95. The zero-order valence-corrected chi connectivity index (χ0v) is 22.4. The second kappa shape index (κ2) is 13.6. The van der Waals surface area contributed by atoms with Crippen LogP contribution in [0.25, 0.3) is 0 Å². The summed E-state index contributed by atoms with van der Waals surface area (Å²) in [6, 6.07) is 25.8. The molecule has 3 aromatic carbocycles. The summed E-state index contributed by atoms with van der Waals surface area (Å²) in [7, 11) is 0. The summed E-state index contributed by atoms with van der Waals surface area (Å²) in [4.78, 5) is 24.4. The molecule has 1 heterocycles. The van der Waals surface area contributed by atoms with Gasteiger partial charge in [-0.1, -0.05) is 66.7 Å². The molecule has 1 amide bonds. The summed E-state index contributed by atoms with van der Waals surface area (Å²) in [5.74, 6) is -0.0515.